The van der Waals surface area contributed by atoms with Crippen molar-refractivity contribution in [3.63, 3.8) is 0 Å². The molecule has 0 aliphatic carbocycles. The van der Waals surface area contributed by atoms with Crippen molar-refractivity contribution in [3.8, 4) is 0 Å². The molecule has 0 radical (unpaired) electrons. The Labute approximate surface area is 99.1 Å². The summed E-state index contributed by atoms with van der Waals surface area (Å²) in [5, 5.41) is 0. The van der Waals surface area contributed by atoms with Gasteiger partial charge in [0.25, 0.3) is 5.56 Å². The number of pyridine rings is 1. The molecule has 90 valence electrons. The molecule has 0 atom stereocenters. The number of hydrogen-bond acceptors (Lipinski definition) is 2. The molecule has 2 aromatic heterocycles. The zero-order chi connectivity index (χ0) is 12.7. The lowest BCUT2D eigenvalue weighted by molar-refractivity contribution is 0.538. The van der Waals surface area contributed by atoms with E-state index in [2.05, 4.69) is 0 Å². The van der Waals surface area contributed by atoms with Crippen LogP contribution in [0.4, 0.5) is 0 Å². The predicted octanol–water partition coefficient (Wildman–Crippen LogP) is 1.66. The van der Waals surface area contributed by atoms with Gasteiger partial charge < -0.3 is 0 Å². The maximum absolute atomic E-state index is 12.2. The predicted molar refractivity (Wildman–Crippen MR) is 67.8 cm³/mol. The third-order valence-electron chi connectivity index (χ3n) is 2.96. The number of aromatic nitrogens is 2. The average molecular weight is 232 g/mol. The van der Waals surface area contributed by atoms with E-state index in [0.29, 0.717) is 11.1 Å². The SMILES string of the molecule is Cc1ccn2c(=O)n(C(C)C)c(=O)c(C)c2c1. The van der Waals surface area contributed by atoms with Gasteiger partial charge in [0.05, 0.1) is 5.52 Å². The fourth-order valence-corrected chi connectivity index (χ4v) is 2.01. The summed E-state index contributed by atoms with van der Waals surface area (Å²) in [6, 6.07) is 3.60. The highest BCUT2D eigenvalue weighted by Gasteiger charge is 2.12. The number of rotatable bonds is 1. The van der Waals surface area contributed by atoms with Crippen LogP contribution in [0.2, 0.25) is 0 Å². The number of hydrogen-bond donors (Lipinski definition) is 0. The lowest BCUT2D eigenvalue weighted by Gasteiger charge is -2.13. The van der Waals surface area contributed by atoms with Crippen molar-refractivity contribution in [1.82, 2.24) is 8.97 Å². The highest BCUT2D eigenvalue weighted by atomic mass is 16.2. The van der Waals surface area contributed by atoms with Crippen molar-refractivity contribution >= 4 is 5.52 Å². The van der Waals surface area contributed by atoms with Crippen LogP contribution in [0, 0.1) is 13.8 Å². The Kier molecular flexibility index (Phi) is 2.65. The molecule has 0 unspecified atom stereocenters. The molecule has 0 fully saturated rings. The number of fused-ring (bicyclic) bond motifs is 1. The monoisotopic (exact) mass is 232 g/mol. The molecule has 0 amide bonds. The quantitative estimate of drug-likeness (QED) is 0.750. The van der Waals surface area contributed by atoms with Crippen LogP contribution in [0.25, 0.3) is 5.52 Å². The van der Waals surface area contributed by atoms with E-state index in [0.717, 1.165) is 5.56 Å². The van der Waals surface area contributed by atoms with Crippen LogP contribution >= 0.6 is 0 Å². The van der Waals surface area contributed by atoms with Gasteiger partial charge in [-0.3, -0.25) is 13.8 Å². The van der Waals surface area contributed by atoms with Gasteiger partial charge in [0.1, 0.15) is 0 Å². The summed E-state index contributed by atoms with van der Waals surface area (Å²) in [6.45, 7) is 7.37. The van der Waals surface area contributed by atoms with Crippen LogP contribution in [0.5, 0.6) is 0 Å². The van der Waals surface area contributed by atoms with Crippen LogP contribution in [-0.2, 0) is 0 Å². The van der Waals surface area contributed by atoms with E-state index in [4.69, 9.17) is 0 Å². The summed E-state index contributed by atoms with van der Waals surface area (Å²) in [5.41, 5.74) is 1.87. The normalized spacial score (nSPS) is 11.4. The molecule has 4 heteroatoms. The Hall–Kier alpha value is -1.84. The molecule has 2 heterocycles. The second-order valence-corrected chi connectivity index (χ2v) is 4.64. The third kappa shape index (κ3) is 1.69. The van der Waals surface area contributed by atoms with Gasteiger partial charge in [-0.1, -0.05) is 0 Å². The first kappa shape index (κ1) is 11.6. The summed E-state index contributed by atoms with van der Waals surface area (Å²) in [7, 11) is 0. The molecule has 0 aliphatic heterocycles. The van der Waals surface area contributed by atoms with Crippen LogP contribution in [0.15, 0.2) is 27.9 Å². The molecule has 0 saturated heterocycles. The van der Waals surface area contributed by atoms with E-state index >= 15 is 0 Å². The van der Waals surface area contributed by atoms with Gasteiger partial charge in [0.15, 0.2) is 0 Å². The molecule has 0 saturated carbocycles. The van der Waals surface area contributed by atoms with Crippen molar-refractivity contribution in [2.45, 2.75) is 33.7 Å². The Balaban J connectivity index is 3.06. The van der Waals surface area contributed by atoms with Gasteiger partial charge >= 0.3 is 5.69 Å². The smallest absolute Gasteiger partial charge is 0.269 e. The summed E-state index contributed by atoms with van der Waals surface area (Å²) in [4.78, 5) is 24.3. The highest BCUT2D eigenvalue weighted by Crippen LogP contribution is 2.07. The molecule has 17 heavy (non-hydrogen) atoms. The van der Waals surface area contributed by atoms with E-state index in [9.17, 15) is 9.59 Å². The van der Waals surface area contributed by atoms with E-state index in [-0.39, 0.29) is 17.3 Å². The summed E-state index contributed by atoms with van der Waals surface area (Å²) < 4.78 is 2.82. The average Bonchev–Trinajstić information content (AvgIpc) is 2.25. The van der Waals surface area contributed by atoms with Gasteiger partial charge in [-0.05, 0) is 45.4 Å². The molecule has 2 aromatic rings. The van der Waals surface area contributed by atoms with Gasteiger partial charge in [-0.15, -0.1) is 0 Å². The largest absolute Gasteiger partial charge is 0.335 e. The lowest BCUT2D eigenvalue weighted by atomic mass is 10.2. The lowest BCUT2D eigenvalue weighted by Crippen LogP contribution is -2.39. The summed E-state index contributed by atoms with van der Waals surface area (Å²) >= 11 is 0. The maximum atomic E-state index is 12.2. The molecular weight excluding hydrogens is 216 g/mol. The first-order valence-corrected chi connectivity index (χ1v) is 5.67. The minimum absolute atomic E-state index is 0.132. The third-order valence-corrected chi connectivity index (χ3v) is 2.96. The van der Waals surface area contributed by atoms with Crippen LogP contribution in [0.1, 0.15) is 31.0 Å². The first-order valence-electron chi connectivity index (χ1n) is 5.67. The minimum Gasteiger partial charge on any atom is -0.269 e. The number of nitrogens with zero attached hydrogens (tertiary/aromatic N) is 2. The first-order chi connectivity index (χ1) is 7.93. The Morgan fingerprint density at radius 1 is 1.18 bits per heavy atom. The molecule has 0 aliphatic rings. The zero-order valence-corrected chi connectivity index (χ0v) is 10.5. The topological polar surface area (TPSA) is 43.5 Å². The molecule has 0 spiro atoms. The highest BCUT2D eigenvalue weighted by molar-refractivity contribution is 5.54. The van der Waals surface area contributed by atoms with Crippen molar-refractivity contribution < 1.29 is 0 Å². The Bertz CT molecular complexity index is 693. The summed E-state index contributed by atoms with van der Waals surface area (Å²) in [6.07, 6.45) is 1.72. The van der Waals surface area contributed by atoms with E-state index in [1.54, 1.807) is 13.1 Å². The second-order valence-electron chi connectivity index (χ2n) is 4.64. The Morgan fingerprint density at radius 3 is 2.41 bits per heavy atom. The van der Waals surface area contributed by atoms with Gasteiger partial charge in [-0.25, -0.2) is 4.79 Å². The van der Waals surface area contributed by atoms with Gasteiger partial charge in [-0.2, -0.15) is 0 Å². The molecule has 2 rings (SSSR count). The molecule has 0 aromatic carbocycles. The maximum Gasteiger partial charge on any atom is 0.335 e. The van der Waals surface area contributed by atoms with E-state index in [1.165, 1.54) is 8.97 Å². The fraction of sp³-hybridized carbons (Fsp3) is 0.385. The van der Waals surface area contributed by atoms with Crippen molar-refractivity contribution in [1.29, 1.82) is 0 Å². The molecule has 0 bridgehead atoms. The summed E-state index contributed by atoms with van der Waals surface area (Å²) in [5.74, 6) is 0. The van der Waals surface area contributed by atoms with E-state index in [1.807, 2.05) is 32.9 Å². The van der Waals surface area contributed by atoms with Crippen molar-refractivity contribution in [2.24, 2.45) is 0 Å². The molecular formula is C13H16N2O2. The van der Waals surface area contributed by atoms with E-state index < -0.39 is 0 Å². The van der Waals surface area contributed by atoms with Gasteiger partial charge in [0.2, 0.25) is 0 Å². The number of aryl methyl sites for hydroxylation is 2. The fourth-order valence-electron chi connectivity index (χ4n) is 2.01. The molecule has 4 nitrogen and oxygen atoms in total. The second kappa shape index (κ2) is 3.87. The van der Waals surface area contributed by atoms with Crippen LogP contribution in [-0.4, -0.2) is 8.97 Å². The van der Waals surface area contributed by atoms with Crippen molar-refractivity contribution in [3.05, 3.63) is 50.3 Å². The van der Waals surface area contributed by atoms with Gasteiger partial charge in [0, 0.05) is 17.8 Å². The molecule has 0 N–H and O–H groups in total. The minimum atomic E-state index is -0.273. The zero-order valence-electron chi connectivity index (χ0n) is 10.5. The van der Waals surface area contributed by atoms with Crippen LogP contribution in [0.3, 0.4) is 0 Å². The van der Waals surface area contributed by atoms with Crippen LogP contribution < -0.4 is 11.2 Å². The Morgan fingerprint density at radius 2 is 1.82 bits per heavy atom. The van der Waals surface area contributed by atoms with Crippen molar-refractivity contribution in [2.75, 3.05) is 0 Å². The standard InChI is InChI=1S/C13H16N2O2/c1-8(2)15-12(16)10(4)11-7-9(3)5-6-14(11)13(15)17/h5-8H,1-4H3.